The van der Waals surface area contributed by atoms with Crippen molar-refractivity contribution < 1.29 is 4.74 Å². The summed E-state index contributed by atoms with van der Waals surface area (Å²) in [6.07, 6.45) is 0.946. The molecular formula is C13H14ClN5O. The van der Waals surface area contributed by atoms with E-state index in [0.29, 0.717) is 18.4 Å². The van der Waals surface area contributed by atoms with Crippen LogP contribution in [0.1, 0.15) is 5.56 Å². The van der Waals surface area contributed by atoms with Gasteiger partial charge in [0, 0.05) is 13.5 Å². The van der Waals surface area contributed by atoms with Crippen molar-refractivity contribution in [3.8, 4) is 5.75 Å². The first kappa shape index (κ1) is 12.9. The molecule has 2 aromatic rings. The Balaban J connectivity index is 1.63. The molecule has 0 amide bonds. The fourth-order valence-corrected chi connectivity index (χ4v) is 2.27. The van der Waals surface area contributed by atoms with Crippen molar-refractivity contribution >= 4 is 23.5 Å². The third-order valence-corrected chi connectivity index (χ3v) is 3.20. The number of rotatable bonds is 4. The largest absolute Gasteiger partial charge is 0.488 e. The molecule has 1 aromatic heterocycles. The van der Waals surface area contributed by atoms with Crippen LogP contribution in [0.3, 0.4) is 0 Å². The van der Waals surface area contributed by atoms with E-state index in [4.69, 9.17) is 16.3 Å². The molecule has 1 aliphatic heterocycles. The minimum atomic E-state index is 0.0703. The minimum absolute atomic E-state index is 0.0703. The average molecular weight is 292 g/mol. The van der Waals surface area contributed by atoms with Gasteiger partial charge in [0.05, 0.1) is 6.54 Å². The Morgan fingerprint density at radius 2 is 2.05 bits per heavy atom. The summed E-state index contributed by atoms with van der Waals surface area (Å²) in [5.41, 5.74) is 1.23. The Bertz CT molecular complexity index is 596. The molecule has 7 heteroatoms. The van der Waals surface area contributed by atoms with E-state index in [2.05, 4.69) is 31.7 Å². The number of benzene rings is 1. The first-order valence-corrected chi connectivity index (χ1v) is 6.70. The predicted molar refractivity (Wildman–Crippen MR) is 77.4 cm³/mol. The van der Waals surface area contributed by atoms with E-state index < -0.39 is 0 Å². The van der Waals surface area contributed by atoms with Crippen LogP contribution in [-0.4, -0.2) is 34.6 Å². The highest BCUT2D eigenvalue weighted by atomic mass is 35.5. The fourth-order valence-electron chi connectivity index (χ4n) is 2.11. The first-order valence-electron chi connectivity index (χ1n) is 6.32. The zero-order chi connectivity index (χ0) is 13.9. The Kier molecular flexibility index (Phi) is 3.56. The van der Waals surface area contributed by atoms with Crippen LogP contribution in [0, 0.1) is 0 Å². The van der Waals surface area contributed by atoms with E-state index in [1.54, 1.807) is 7.05 Å². The summed E-state index contributed by atoms with van der Waals surface area (Å²) in [4.78, 5) is 12.1. The van der Waals surface area contributed by atoms with Gasteiger partial charge in [-0.15, -0.1) is 0 Å². The van der Waals surface area contributed by atoms with Gasteiger partial charge in [-0.1, -0.05) is 18.2 Å². The van der Waals surface area contributed by atoms with E-state index in [9.17, 15) is 0 Å². The topological polar surface area (TPSA) is 72.0 Å². The van der Waals surface area contributed by atoms with Gasteiger partial charge in [0.15, 0.2) is 0 Å². The highest BCUT2D eigenvalue weighted by molar-refractivity contribution is 6.28. The van der Waals surface area contributed by atoms with Gasteiger partial charge in [-0.05, 0) is 23.2 Å². The van der Waals surface area contributed by atoms with E-state index in [-0.39, 0.29) is 11.4 Å². The molecule has 104 valence electrons. The standard InChI is InChI=1S/C13H14ClN5O/c1-15-12-17-11(14)18-13(19-12)16-7-9-6-8-4-2-3-5-10(8)20-9/h2-5,9H,6-7H2,1H3,(H2,15,16,17,18,19). The molecule has 1 aromatic carbocycles. The molecule has 0 aliphatic carbocycles. The minimum Gasteiger partial charge on any atom is -0.488 e. The monoisotopic (exact) mass is 291 g/mol. The summed E-state index contributed by atoms with van der Waals surface area (Å²) >= 11 is 5.82. The summed E-state index contributed by atoms with van der Waals surface area (Å²) in [6, 6.07) is 8.05. The zero-order valence-corrected chi connectivity index (χ0v) is 11.7. The van der Waals surface area contributed by atoms with Gasteiger partial charge < -0.3 is 15.4 Å². The summed E-state index contributed by atoms with van der Waals surface area (Å²) in [5, 5.41) is 6.11. The van der Waals surface area contributed by atoms with Crippen LogP contribution < -0.4 is 15.4 Å². The van der Waals surface area contributed by atoms with Crippen molar-refractivity contribution in [2.75, 3.05) is 24.2 Å². The van der Waals surface area contributed by atoms with Gasteiger partial charge >= 0.3 is 0 Å². The normalized spacial score (nSPS) is 16.4. The quantitative estimate of drug-likeness (QED) is 0.897. The van der Waals surface area contributed by atoms with Gasteiger partial charge in [-0.2, -0.15) is 15.0 Å². The van der Waals surface area contributed by atoms with Gasteiger partial charge in [-0.25, -0.2) is 0 Å². The number of aromatic nitrogens is 3. The number of anilines is 2. The van der Waals surface area contributed by atoms with E-state index >= 15 is 0 Å². The average Bonchev–Trinajstić information content (AvgIpc) is 2.87. The van der Waals surface area contributed by atoms with E-state index in [1.165, 1.54) is 5.56 Å². The molecule has 2 heterocycles. The number of nitrogens with zero attached hydrogens (tertiary/aromatic N) is 3. The Morgan fingerprint density at radius 3 is 2.85 bits per heavy atom. The smallest absolute Gasteiger partial charge is 0.228 e. The maximum atomic E-state index is 5.83. The predicted octanol–water partition coefficient (Wildman–Crippen LogP) is 1.98. The number of fused-ring (bicyclic) bond motifs is 1. The molecule has 0 saturated carbocycles. The SMILES string of the molecule is CNc1nc(Cl)nc(NCC2Cc3ccccc3O2)n1. The number of nitrogens with one attached hydrogen (secondary N) is 2. The highest BCUT2D eigenvalue weighted by Gasteiger charge is 2.22. The highest BCUT2D eigenvalue weighted by Crippen LogP contribution is 2.28. The lowest BCUT2D eigenvalue weighted by Gasteiger charge is -2.12. The maximum Gasteiger partial charge on any atom is 0.228 e. The molecule has 1 unspecified atom stereocenters. The van der Waals surface area contributed by atoms with Crippen LogP contribution in [0.15, 0.2) is 24.3 Å². The van der Waals surface area contributed by atoms with E-state index in [1.807, 2.05) is 18.2 Å². The van der Waals surface area contributed by atoms with Crippen molar-refractivity contribution in [1.82, 2.24) is 15.0 Å². The van der Waals surface area contributed by atoms with Gasteiger partial charge in [-0.3, -0.25) is 0 Å². The Morgan fingerprint density at radius 1 is 1.25 bits per heavy atom. The number of ether oxygens (including phenoxy) is 1. The van der Waals surface area contributed by atoms with Crippen LogP contribution in [0.2, 0.25) is 5.28 Å². The number of hydrogen-bond donors (Lipinski definition) is 2. The molecule has 0 fully saturated rings. The zero-order valence-electron chi connectivity index (χ0n) is 10.9. The second-order valence-corrected chi connectivity index (χ2v) is 4.77. The molecule has 1 atom stereocenters. The molecular weight excluding hydrogens is 278 g/mol. The van der Waals surface area contributed by atoms with Crippen LogP contribution >= 0.6 is 11.6 Å². The van der Waals surface area contributed by atoms with Gasteiger partial charge in [0.1, 0.15) is 11.9 Å². The fraction of sp³-hybridized carbons (Fsp3) is 0.308. The number of para-hydroxylation sites is 1. The molecule has 0 spiro atoms. The molecule has 20 heavy (non-hydrogen) atoms. The number of halogens is 1. The van der Waals surface area contributed by atoms with Gasteiger partial charge in [0.25, 0.3) is 0 Å². The summed E-state index contributed by atoms with van der Waals surface area (Å²) in [6.45, 7) is 0.609. The second-order valence-electron chi connectivity index (χ2n) is 4.43. The van der Waals surface area contributed by atoms with Crippen molar-refractivity contribution in [1.29, 1.82) is 0 Å². The molecule has 0 saturated heterocycles. The molecule has 2 N–H and O–H groups in total. The van der Waals surface area contributed by atoms with Gasteiger partial charge in [0.2, 0.25) is 17.2 Å². The Hall–Kier alpha value is -2.08. The lowest BCUT2D eigenvalue weighted by atomic mass is 10.1. The number of hydrogen-bond acceptors (Lipinski definition) is 6. The second kappa shape index (κ2) is 5.50. The molecule has 1 aliphatic rings. The van der Waals surface area contributed by atoms with Crippen LogP contribution in [-0.2, 0) is 6.42 Å². The Labute approximate surface area is 121 Å². The third kappa shape index (κ3) is 2.75. The third-order valence-electron chi connectivity index (χ3n) is 3.03. The van der Waals surface area contributed by atoms with Crippen molar-refractivity contribution in [3.63, 3.8) is 0 Å². The van der Waals surface area contributed by atoms with Crippen molar-refractivity contribution in [2.24, 2.45) is 0 Å². The van der Waals surface area contributed by atoms with Crippen molar-refractivity contribution in [3.05, 3.63) is 35.1 Å². The maximum absolute atomic E-state index is 5.83. The van der Waals surface area contributed by atoms with Crippen LogP contribution in [0.25, 0.3) is 0 Å². The molecule has 6 nitrogen and oxygen atoms in total. The van der Waals surface area contributed by atoms with Crippen molar-refractivity contribution in [2.45, 2.75) is 12.5 Å². The summed E-state index contributed by atoms with van der Waals surface area (Å²) in [5.74, 6) is 1.82. The summed E-state index contributed by atoms with van der Waals surface area (Å²) < 4.78 is 5.83. The molecule has 0 radical (unpaired) electrons. The van der Waals surface area contributed by atoms with Crippen LogP contribution in [0.5, 0.6) is 5.75 Å². The lowest BCUT2D eigenvalue weighted by molar-refractivity contribution is 0.246. The lowest BCUT2D eigenvalue weighted by Crippen LogP contribution is -2.25. The summed E-state index contributed by atoms with van der Waals surface area (Å²) in [7, 11) is 1.73. The molecule has 3 rings (SSSR count). The van der Waals surface area contributed by atoms with E-state index in [0.717, 1.165) is 12.2 Å². The molecule has 0 bridgehead atoms. The van der Waals surface area contributed by atoms with Crippen LogP contribution in [0.4, 0.5) is 11.9 Å². The first-order chi connectivity index (χ1) is 9.74.